The number of benzene rings is 1. The molecule has 3 aliphatic rings. The highest BCUT2D eigenvalue weighted by Gasteiger charge is 2.64. The normalized spacial score (nSPS) is 40.0. The van der Waals surface area contributed by atoms with E-state index in [1.165, 1.54) is 24.8 Å². The first-order valence-corrected chi connectivity index (χ1v) is 8.08. The molecular formula is C15H17BrClN. The fourth-order valence-corrected chi connectivity index (χ4v) is 5.23. The molecule has 3 heteroatoms. The van der Waals surface area contributed by atoms with Crippen molar-refractivity contribution in [2.45, 2.75) is 31.8 Å². The number of fused-ring (bicyclic) bond motifs is 5. The fourth-order valence-electron chi connectivity index (χ4n) is 4.49. The van der Waals surface area contributed by atoms with Gasteiger partial charge in [0.05, 0.1) is 0 Å². The molecule has 4 atom stereocenters. The van der Waals surface area contributed by atoms with Gasteiger partial charge in [-0.25, -0.2) is 0 Å². The van der Waals surface area contributed by atoms with Gasteiger partial charge in [-0.1, -0.05) is 33.6 Å². The number of hydrogen-bond acceptors (Lipinski definition) is 1. The zero-order chi connectivity index (χ0) is 12.3. The Balaban J connectivity index is 1.40. The van der Waals surface area contributed by atoms with Gasteiger partial charge in [-0.3, -0.25) is 0 Å². The molecule has 3 saturated carbocycles. The van der Waals surface area contributed by atoms with Crippen LogP contribution in [0.15, 0.2) is 22.7 Å². The van der Waals surface area contributed by atoms with Crippen LogP contribution in [0.1, 0.15) is 24.8 Å². The summed E-state index contributed by atoms with van der Waals surface area (Å²) < 4.78 is 1.05. The third-order valence-electron chi connectivity index (χ3n) is 5.28. The van der Waals surface area contributed by atoms with E-state index in [4.69, 9.17) is 11.6 Å². The Kier molecular flexibility index (Phi) is 2.76. The SMILES string of the molecule is Clc1cc(Br)ccc1CNC1C2C3CCC(C3)C12. The van der Waals surface area contributed by atoms with Gasteiger partial charge in [0.25, 0.3) is 0 Å². The van der Waals surface area contributed by atoms with Crippen molar-refractivity contribution in [2.24, 2.45) is 23.7 Å². The van der Waals surface area contributed by atoms with Gasteiger partial charge in [0, 0.05) is 22.1 Å². The van der Waals surface area contributed by atoms with Gasteiger partial charge < -0.3 is 5.32 Å². The molecule has 0 aromatic heterocycles. The molecule has 3 fully saturated rings. The van der Waals surface area contributed by atoms with Crippen LogP contribution in [0.2, 0.25) is 5.02 Å². The van der Waals surface area contributed by atoms with E-state index in [1.54, 1.807) is 0 Å². The molecular weight excluding hydrogens is 310 g/mol. The monoisotopic (exact) mass is 325 g/mol. The van der Waals surface area contributed by atoms with Crippen molar-refractivity contribution < 1.29 is 0 Å². The Morgan fingerprint density at radius 3 is 2.61 bits per heavy atom. The van der Waals surface area contributed by atoms with Crippen LogP contribution in [0.4, 0.5) is 0 Å². The van der Waals surface area contributed by atoms with E-state index in [2.05, 4.69) is 33.4 Å². The first-order chi connectivity index (χ1) is 8.74. The molecule has 1 aromatic rings. The van der Waals surface area contributed by atoms with Crippen molar-refractivity contribution in [2.75, 3.05) is 0 Å². The van der Waals surface area contributed by atoms with Crippen LogP contribution in [0.3, 0.4) is 0 Å². The Bertz CT molecular complexity index is 473. The third kappa shape index (κ3) is 1.76. The summed E-state index contributed by atoms with van der Waals surface area (Å²) in [5.74, 6) is 4.08. The third-order valence-corrected chi connectivity index (χ3v) is 6.12. The van der Waals surface area contributed by atoms with Crippen LogP contribution in [0.5, 0.6) is 0 Å². The van der Waals surface area contributed by atoms with Gasteiger partial charge in [-0.2, -0.15) is 0 Å². The Morgan fingerprint density at radius 2 is 1.94 bits per heavy atom. The van der Waals surface area contributed by atoms with Gasteiger partial charge >= 0.3 is 0 Å². The highest BCUT2D eigenvalue weighted by Crippen LogP contribution is 2.65. The first kappa shape index (κ1) is 11.7. The highest BCUT2D eigenvalue weighted by atomic mass is 79.9. The minimum Gasteiger partial charge on any atom is -0.309 e. The largest absolute Gasteiger partial charge is 0.309 e. The van der Waals surface area contributed by atoms with Crippen LogP contribution >= 0.6 is 27.5 Å². The second kappa shape index (κ2) is 4.22. The van der Waals surface area contributed by atoms with E-state index in [0.29, 0.717) is 0 Å². The van der Waals surface area contributed by atoms with Gasteiger partial charge in [0.1, 0.15) is 0 Å². The lowest BCUT2D eigenvalue weighted by Gasteiger charge is -2.11. The van der Waals surface area contributed by atoms with Gasteiger partial charge in [-0.15, -0.1) is 0 Å². The van der Waals surface area contributed by atoms with Crippen molar-refractivity contribution >= 4 is 27.5 Å². The summed E-state index contributed by atoms with van der Waals surface area (Å²) in [4.78, 5) is 0. The molecule has 2 bridgehead atoms. The Labute approximate surface area is 121 Å². The zero-order valence-electron chi connectivity index (χ0n) is 10.2. The number of hydrogen-bond donors (Lipinski definition) is 1. The zero-order valence-corrected chi connectivity index (χ0v) is 12.5. The summed E-state index contributed by atoms with van der Waals surface area (Å²) in [6.07, 6.45) is 4.50. The van der Waals surface area contributed by atoms with Crippen LogP contribution in [0, 0.1) is 23.7 Å². The summed E-state index contributed by atoms with van der Waals surface area (Å²) in [6.45, 7) is 0.920. The van der Waals surface area contributed by atoms with Gasteiger partial charge in [0.15, 0.2) is 0 Å². The summed E-state index contributed by atoms with van der Waals surface area (Å²) in [6, 6.07) is 6.96. The second-order valence-electron chi connectivity index (χ2n) is 6.13. The van der Waals surface area contributed by atoms with Gasteiger partial charge in [-0.05, 0) is 60.6 Å². The molecule has 0 aliphatic heterocycles. The van der Waals surface area contributed by atoms with Crippen molar-refractivity contribution in [1.29, 1.82) is 0 Å². The van der Waals surface area contributed by atoms with E-state index >= 15 is 0 Å². The van der Waals surface area contributed by atoms with E-state index in [0.717, 1.165) is 45.8 Å². The average molecular weight is 327 g/mol. The maximum absolute atomic E-state index is 6.25. The van der Waals surface area contributed by atoms with Crippen molar-refractivity contribution in [3.63, 3.8) is 0 Å². The minimum absolute atomic E-state index is 0.788. The van der Waals surface area contributed by atoms with Crippen LogP contribution < -0.4 is 5.32 Å². The number of nitrogens with one attached hydrogen (secondary N) is 1. The van der Waals surface area contributed by atoms with E-state index < -0.39 is 0 Å². The molecule has 3 aliphatic carbocycles. The quantitative estimate of drug-likeness (QED) is 0.876. The van der Waals surface area contributed by atoms with Crippen LogP contribution in [-0.4, -0.2) is 6.04 Å². The molecule has 18 heavy (non-hydrogen) atoms. The molecule has 0 saturated heterocycles. The molecule has 4 rings (SSSR count). The van der Waals surface area contributed by atoms with Crippen LogP contribution in [0.25, 0.3) is 0 Å². The lowest BCUT2D eigenvalue weighted by atomic mass is 10.0. The van der Waals surface area contributed by atoms with Crippen LogP contribution in [-0.2, 0) is 6.54 Å². The molecule has 4 unspecified atom stereocenters. The summed E-state index contributed by atoms with van der Waals surface area (Å²) in [7, 11) is 0. The Morgan fingerprint density at radius 1 is 1.22 bits per heavy atom. The van der Waals surface area contributed by atoms with Crippen molar-refractivity contribution in [1.82, 2.24) is 5.32 Å². The minimum atomic E-state index is 0.788. The lowest BCUT2D eigenvalue weighted by Crippen LogP contribution is -2.22. The van der Waals surface area contributed by atoms with Crippen molar-refractivity contribution in [3.8, 4) is 0 Å². The predicted octanol–water partition coefficient (Wildman–Crippen LogP) is 4.24. The topological polar surface area (TPSA) is 12.0 Å². The number of rotatable bonds is 3. The molecule has 0 radical (unpaired) electrons. The maximum atomic E-state index is 6.25. The molecule has 0 spiro atoms. The van der Waals surface area contributed by atoms with E-state index in [1.807, 2.05) is 6.07 Å². The molecule has 1 nitrogen and oxygen atoms in total. The average Bonchev–Trinajstić information content (AvgIpc) is 2.75. The second-order valence-corrected chi connectivity index (χ2v) is 7.45. The highest BCUT2D eigenvalue weighted by molar-refractivity contribution is 9.10. The fraction of sp³-hybridized carbons (Fsp3) is 0.600. The standard InChI is InChI=1S/C15H17BrClN/c16-11-4-3-10(12(17)6-11)7-18-15-13-8-1-2-9(5-8)14(13)15/h3-4,6,8-9,13-15,18H,1-2,5,7H2. The lowest BCUT2D eigenvalue weighted by molar-refractivity contribution is 0.456. The summed E-state index contributed by atoms with van der Waals surface area (Å²) in [5, 5.41) is 4.60. The van der Waals surface area contributed by atoms with Crippen molar-refractivity contribution in [3.05, 3.63) is 33.3 Å². The first-order valence-electron chi connectivity index (χ1n) is 6.91. The van der Waals surface area contributed by atoms with Gasteiger partial charge in [0.2, 0.25) is 0 Å². The molecule has 1 aromatic carbocycles. The molecule has 0 heterocycles. The molecule has 96 valence electrons. The number of halogens is 2. The smallest absolute Gasteiger partial charge is 0.0462 e. The molecule has 0 amide bonds. The van der Waals surface area contributed by atoms with E-state index in [9.17, 15) is 0 Å². The maximum Gasteiger partial charge on any atom is 0.0462 e. The summed E-state index contributed by atoms with van der Waals surface area (Å²) >= 11 is 9.70. The predicted molar refractivity (Wildman–Crippen MR) is 77.6 cm³/mol. The summed E-state index contributed by atoms with van der Waals surface area (Å²) in [5.41, 5.74) is 1.22. The van der Waals surface area contributed by atoms with E-state index in [-0.39, 0.29) is 0 Å². The Hall–Kier alpha value is -0.0500. The molecule has 1 N–H and O–H groups in total.